The number of rotatable bonds is 1. The summed E-state index contributed by atoms with van der Waals surface area (Å²) in [7, 11) is 0. The lowest BCUT2D eigenvalue weighted by Gasteiger charge is -1.99. The number of alkyl halides is 1. The molecular weight excluding hydrogens is 153 g/mol. The predicted octanol–water partition coefficient (Wildman–Crippen LogP) is 2.27. The van der Waals surface area contributed by atoms with E-state index < -0.39 is 5.95 Å². The molecule has 1 aromatic rings. The van der Waals surface area contributed by atoms with E-state index in [1.54, 1.807) is 6.07 Å². The maximum Gasteiger partial charge on any atom is 0.217 e. The number of hydrogen-bond donors (Lipinski definition) is 0. The molecule has 0 aliphatic rings. The van der Waals surface area contributed by atoms with Gasteiger partial charge in [0.25, 0.3) is 0 Å². The van der Waals surface area contributed by atoms with Gasteiger partial charge in [-0.15, -0.1) is 11.6 Å². The van der Waals surface area contributed by atoms with Gasteiger partial charge in [0.2, 0.25) is 5.95 Å². The second kappa shape index (κ2) is 2.97. The summed E-state index contributed by atoms with van der Waals surface area (Å²) in [4.78, 5) is 3.46. The van der Waals surface area contributed by atoms with E-state index in [4.69, 9.17) is 11.6 Å². The van der Waals surface area contributed by atoms with Gasteiger partial charge in [-0.05, 0) is 18.6 Å². The first-order chi connectivity index (χ1) is 4.75. The highest BCUT2D eigenvalue weighted by atomic mass is 35.5. The second-order valence-corrected chi connectivity index (χ2v) is 2.30. The van der Waals surface area contributed by atoms with Crippen molar-refractivity contribution in [2.45, 2.75) is 12.8 Å². The molecule has 0 unspecified atom stereocenters. The van der Waals surface area contributed by atoms with Crippen molar-refractivity contribution >= 4 is 11.6 Å². The van der Waals surface area contributed by atoms with Crippen molar-refractivity contribution in [2.75, 3.05) is 0 Å². The van der Waals surface area contributed by atoms with Crippen LogP contribution in [0.15, 0.2) is 12.3 Å². The predicted molar refractivity (Wildman–Crippen MR) is 38.5 cm³/mol. The summed E-state index contributed by atoms with van der Waals surface area (Å²) in [5.74, 6) is -0.277. The third-order valence-electron chi connectivity index (χ3n) is 1.37. The lowest BCUT2D eigenvalue weighted by molar-refractivity contribution is 0.571. The van der Waals surface area contributed by atoms with Gasteiger partial charge in [-0.2, -0.15) is 4.39 Å². The van der Waals surface area contributed by atoms with Crippen molar-refractivity contribution in [2.24, 2.45) is 0 Å². The highest BCUT2D eigenvalue weighted by molar-refractivity contribution is 6.17. The van der Waals surface area contributed by atoms with Crippen molar-refractivity contribution in [3.05, 3.63) is 29.3 Å². The van der Waals surface area contributed by atoms with Crippen molar-refractivity contribution in [1.82, 2.24) is 4.98 Å². The van der Waals surface area contributed by atoms with Gasteiger partial charge < -0.3 is 0 Å². The Labute approximate surface area is 63.8 Å². The van der Waals surface area contributed by atoms with Gasteiger partial charge >= 0.3 is 0 Å². The third kappa shape index (κ3) is 1.27. The first-order valence-corrected chi connectivity index (χ1v) is 3.45. The Morgan fingerprint density at radius 1 is 1.70 bits per heavy atom. The van der Waals surface area contributed by atoms with Crippen LogP contribution in [-0.4, -0.2) is 4.98 Å². The second-order valence-electron chi connectivity index (χ2n) is 2.03. The topological polar surface area (TPSA) is 12.9 Å². The molecule has 0 bridgehead atoms. The van der Waals surface area contributed by atoms with Crippen LogP contribution in [0.3, 0.4) is 0 Å². The molecule has 0 radical (unpaired) electrons. The minimum absolute atomic E-state index is 0.186. The lowest BCUT2D eigenvalue weighted by atomic mass is 10.2. The molecule has 0 saturated carbocycles. The van der Waals surface area contributed by atoms with Gasteiger partial charge in [0, 0.05) is 11.8 Å². The van der Waals surface area contributed by atoms with Crippen LogP contribution in [0.4, 0.5) is 4.39 Å². The molecule has 3 heteroatoms. The molecule has 0 atom stereocenters. The van der Waals surface area contributed by atoms with Crippen LogP contribution in [0, 0.1) is 12.9 Å². The summed E-state index contributed by atoms with van der Waals surface area (Å²) in [6, 6.07) is 1.74. The van der Waals surface area contributed by atoms with E-state index in [1.807, 2.05) is 6.92 Å². The fourth-order valence-electron chi connectivity index (χ4n) is 0.716. The fraction of sp³-hybridized carbons (Fsp3) is 0.286. The molecular formula is C7H7ClFN. The molecule has 0 amide bonds. The number of halogens is 2. The van der Waals surface area contributed by atoms with E-state index in [0.29, 0.717) is 5.56 Å². The minimum atomic E-state index is -0.463. The first kappa shape index (κ1) is 7.48. The lowest BCUT2D eigenvalue weighted by Crippen LogP contribution is -1.93. The number of nitrogens with zero attached hydrogens (tertiary/aromatic N) is 1. The molecule has 1 nitrogen and oxygen atoms in total. The van der Waals surface area contributed by atoms with Crippen LogP contribution in [0.1, 0.15) is 11.1 Å². The molecule has 0 fully saturated rings. The summed E-state index contributed by atoms with van der Waals surface area (Å²) >= 11 is 5.46. The Morgan fingerprint density at radius 2 is 2.40 bits per heavy atom. The van der Waals surface area contributed by atoms with E-state index >= 15 is 0 Å². The number of pyridine rings is 1. The van der Waals surface area contributed by atoms with Gasteiger partial charge in [0.1, 0.15) is 0 Å². The highest BCUT2D eigenvalue weighted by Crippen LogP contribution is 2.11. The van der Waals surface area contributed by atoms with E-state index in [1.165, 1.54) is 6.20 Å². The van der Waals surface area contributed by atoms with Gasteiger partial charge in [0.05, 0.1) is 5.88 Å². The molecule has 1 heterocycles. The number of hydrogen-bond acceptors (Lipinski definition) is 1. The number of aryl methyl sites for hydroxylation is 1. The van der Waals surface area contributed by atoms with E-state index in [9.17, 15) is 4.39 Å². The Morgan fingerprint density at radius 3 is 2.80 bits per heavy atom. The van der Waals surface area contributed by atoms with Gasteiger partial charge in [-0.3, -0.25) is 0 Å². The van der Waals surface area contributed by atoms with E-state index in [-0.39, 0.29) is 5.88 Å². The van der Waals surface area contributed by atoms with Crippen LogP contribution in [0.25, 0.3) is 0 Å². The monoisotopic (exact) mass is 159 g/mol. The maximum absolute atomic E-state index is 12.7. The van der Waals surface area contributed by atoms with Crippen LogP contribution in [0.5, 0.6) is 0 Å². The average molecular weight is 160 g/mol. The summed E-state index contributed by atoms with van der Waals surface area (Å²) in [5.41, 5.74) is 1.34. The Kier molecular flexibility index (Phi) is 2.22. The molecule has 0 aromatic carbocycles. The highest BCUT2D eigenvalue weighted by Gasteiger charge is 2.03. The normalized spacial score (nSPS) is 9.90. The van der Waals surface area contributed by atoms with E-state index in [2.05, 4.69) is 4.98 Å². The van der Waals surface area contributed by atoms with Crippen LogP contribution >= 0.6 is 11.6 Å². The van der Waals surface area contributed by atoms with Gasteiger partial charge in [-0.25, -0.2) is 4.98 Å². The zero-order chi connectivity index (χ0) is 7.56. The van der Waals surface area contributed by atoms with Crippen LogP contribution in [-0.2, 0) is 5.88 Å². The largest absolute Gasteiger partial charge is 0.228 e. The zero-order valence-corrected chi connectivity index (χ0v) is 6.32. The molecule has 1 aromatic heterocycles. The van der Waals surface area contributed by atoms with Gasteiger partial charge in [-0.1, -0.05) is 0 Å². The van der Waals surface area contributed by atoms with Crippen molar-refractivity contribution in [1.29, 1.82) is 0 Å². The molecule has 0 spiro atoms. The molecule has 0 aliphatic heterocycles. The quantitative estimate of drug-likeness (QED) is 0.453. The van der Waals surface area contributed by atoms with E-state index in [0.717, 1.165) is 5.56 Å². The summed E-state index contributed by atoms with van der Waals surface area (Å²) < 4.78 is 12.7. The molecule has 0 aliphatic carbocycles. The fourth-order valence-corrected chi connectivity index (χ4v) is 1.04. The molecule has 1 rings (SSSR count). The SMILES string of the molecule is Cc1ccnc(F)c1CCl. The summed E-state index contributed by atoms with van der Waals surface area (Å²) in [6.45, 7) is 1.81. The van der Waals surface area contributed by atoms with Crippen molar-refractivity contribution < 1.29 is 4.39 Å². The Hall–Kier alpha value is -0.630. The Balaban J connectivity index is 3.17. The first-order valence-electron chi connectivity index (χ1n) is 2.91. The van der Waals surface area contributed by atoms with Crippen molar-refractivity contribution in [3.8, 4) is 0 Å². The maximum atomic E-state index is 12.7. The van der Waals surface area contributed by atoms with Gasteiger partial charge in [0.15, 0.2) is 0 Å². The van der Waals surface area contributed by atoms with Crippen molar-refractivity contribution in [3.63, 3.8) is 0 Å². The molecule has 54 valence electrons. The van der Waals surface area contributed by atoms with Crippen LogP contribution in [0.2, 0.25) is 0 Å². The molecule has 0 N–H and O–H groups in total. The summed E-state index contributed by atoms with van der Waals surface area (Å²) in [6.07, 6.45) is 1.43. The average Bonchev–Trinajstić information content (AvgIpc) is 1.88. The standard InChI is InChI=1S/C7H7ClFN/c1-5-2-3-10-7(9)6(5)4-8/h2-3H,4H2,1H3. The molecule has 10 heavy (non-hydrogen) atoms. The smallest absolute Gasteiger partial charge is 0.217 e. The zero-order valence-electron chi connectivity index (χ0n) is 5.56. The Bertz CT molecular complexity index is 217. The minimum Gasteiger partial charge on any atom is -0.228 e. The third-order valence-corrected chi connectivity index (χ3v) is 1.64. The summed E-state index contributed by atoms with van der Waals surface area (Å²) in [5, 5.41) is 0. The number of aromatic nitrogens is 1. The van der Waals surface area contributed by atoms with Crippen LogP contribution < -0.4 is 0 Å². The molecule has 0 saturated heterocycles.